The average molecular weight is 525 g/mol. The molecule has 2 aromatic rings. The zero-order valence-electron chi connectivity index (χ0n) is 17.4. The number of aliphatic hydroxyl groups is 1. The van der Waals surface area contributed by atoms with E-state index < -0.39 is 52.4 Å². The number of fused-ring (bicyclic) bond motifs is 1. The molecule has 1 fully saturated rings. The van der Waals surface area contributed by atoms with Crippen LogP contribution in [0.1, 0.15) is 6.23 Å². The van der Waals surface area contributed by atoms with Crippen molar-refractivity contribution in [2.45, 2.75) is 24.5 Å². The maximum Gasteiger partial charge on any atom is 0.502 e. The van der Waals surface area contributed by atoms with Gasteiger partial charge in [0.1, 0.15) is 24.7 Å². The largest absolute Gasteiger partial charge is 0.502 e. The maximum absolute atomic E-state index is 12.2. The Morgan fingerprint density at radius 3 is 2.79 bits per heavy atom. The van der Waals surface area contributed by atoms with Crippen LogP contribution in [0.5, 0.6) is 0 Å². The van der Waals surface area contributed by atoms with Gasteiger partial charge in [-0.1, -0.05) is 0 Å². The van der Waals surface area contributed by atoms with Crippen LogP contribution in [0.2, 0.25) is 0 Å². The number of imidazole rings is 1. The Bertz CT molecular complexity index is 1230. The molecule has 2 aromatic heterocycles. The second-order valence-electron chi connectivity index (χ2n) is 7.09. The first kappa shape index (κ1) is 24.9. The number of nitrogens with zero attached hydrogens (tertiary/aromatic N) is 5. The molecule has 2 aliphatic heterocycles. The average Bonchev–Trinajstić information content (AvgIpc) is 3.44. The third-order valence-electron chi connectivity index (χ3n) is 4.79. The van der Waals surface area contributed by atoms with Crippen LogP contribution in [0.15, 0.2) is 16.1 Å². The van der Waals surface area contributed by atoms with Gasteiger partial charge in [0, 0.05) is 7.11 Å². The van der Waals surface area contributed by atoms with E-state index in [1.54, 1.807) is 0 Å². The summed E-state index contributed by atoms with van der Waals surface area (Å²) in [6, 6.07) is 0. The number of aromatic nitrogens is 4. The topological polar surface area (TPSA) is 246 Å². The van der Waals surface area contributed by atoms with Gasteiger partial charge >= 0.3 is 15.6 Å². The lowest BCUT2D eigenvalue weighted by Gasteiger charge is -2.21. The fourth-order valence-corrected chi connectivity index (χ4v) is 5.43. The number of H-pyrrole nitrogens is 1. The van der Waals surface area contributed by atoms with Gasteiger partial charge in [0.05, 0.1) is 26.0 Å². The molecule has 0 aliphatic carbocycles. The number of aliphatic hydroxyl groups excluding tert-OH is 1. The van der Waals surface area contributed by atoms with E-state index in [1.807, 2.05) is 0 Å². The maximum atomic E-state index is 12.2. The molecular weight excluding hydrogens is 504 g/mol. The van der Waals surface area contributed by atoms with Crippen molar-refractivity contribution in [3.05, 3.63) is 16.7 Å². The molecule has 4 rings (SSSR count). The van der Waals surface area contributed by atoms with Gasteiger partial charge in [-0.15, -0.1) is 0 Å². The molecule has 2 unspecified atom stereocenters. The Balaban J connectivity index is 1.45. The third-order valence-corrected chi connectivity index (χ3v) is 7.33. The summed E-state index contributed by atoms with van der Waals surface area (Å²) >= 11 is 0. The minimum atomic E-state index is -5.14. The van der Waals surface area contributed by atoms with Crippen molar-refractivity contribution in [3.63, 3.8) is 0 Å². The number of rotatable bonds is 9. The minimum absolute atomic E-state index is 0.0436. The normalized spacial score (nSPS) is 28.4. The number of nitrogen functional groups attached to an aromatic ring is 1. The van der Waals surface area contributed by atoms with Crippen molar-refractivity contribution in [1.29, 1.82) is 0 Å². The minimum Gasteiger partial charge on any atom is -0.387 e. The van der Waals surface area contributed by atoms with Crippen LogP contribution in [-0.2, 0) is 32.1 Å². The van der Waals surface area contributed by atoms with E-state index in [2.05, 4.69) is 28.9 Å². The molecule has 34 heavy (non-hydrogen) atoms. The number of nitrogens with one attached hydrogen (secondary N) is 1. The molecule has 6 N–H and O–H groups in total. The summed E-state index contributed by atoms with van der Waals surface area (Å²) in [5, 5.41) is 11.4. The summed E-state index contributed by atoms with van der Waals surface area (Å²) in [7, 11) is -8.91. The van der Waals surface area contributed by atoms with Crippen LogP contribution < -0.4 is 11.3 Å². The van der Waals surface area contributed by atoms with Crippen LogP contribution in [0.3, 0.4) is 0 Å². The number of aliphatic imine (C=N–C) groups is 1. The van der Waals surface area contributed by atoms with Gasteiger partial charge in [-0.25, -0.2) is 19.2 Å². The van der Waals surface area contributed by atoms with Crippen LogP contribution >= 0.6 is 15.6 Å². The van der Waals surface area contributed by atoms with Crippen LogP contribution in [0, 0.1) is 0 Å². The predicted octanol–water partition coefficient (Wildman–Crippen LogP) is -1.52. The second-order valence-corrected chi connectivity index (χ2v) is 10.0. The van der Waals surface area contributed by atoms with Gasteiger partial charge in [-0.05, 0) is 0 Å². The second kappa shape index (κ2) is 9.43. The lowest BCUT2D eigenvalue weighted by molar-refractivity contribution is -0.0583. The van der Waals surface area contributed by atoms with Crippen LogP contribution in [-0.4, -0.2) is 90.9 Å². The fourth-order valence-electron chi connectivity index (χ4n) is 3.36. The summed E-state index contributed by atoms with van der Waals surface area (Å²) in [5.41, 5.74) is 4.99. The molecule has 0 spiro atoms. The van der Waals surface area contributed by atoms with E-state index in [9.17, 15) is 28.8 Å². The number of aromatic amines is 1. The molecule has 0 radical (unpaired) electrons. The first-order valence-corrected chi connectivity index (χ1v) is 12.6. The molecule has 18 nitrogen and oxygen atoms in total. The zero-order valence-corrected chi connectivity index (χ0v) is 19.2. The van der Waals surface area contributed by atoms with Crippen LogP contribution in [0.4, 0.5) is 5.95 Å². The van der Waals surface area contributed by atoms with E-state index >= 15 is 0 Å². The highest BCUT2D eigenvalue weighted by Crippen LogP contribution is 2.61. The van der Waals surface area contributed by atoms with Gasteiger partial charge in [0.2, 0.25) is 5.95 Å². The summed E-state index contributed by atoms with van der Waals surface area (Å²) in [4.78, 5) is 45.6. The molecule has 0 saturated carbocycles. The van der Waals surface area contributed by atoms with Crippen LogP contribution in [0.25, 0.3) is 11.2 Å². The molecule has 2 aliphatic rings. The Labute approximate surface area is 190 Å². The Kier molecular flexibility index (Phi) is 6.90. The van der Waals surface area contributed by atoms with E-state index in [0.29, 0.717) is 6.54 Å². The molecule has 0 amide bonds. The molecule has 188 valence electrons. The van der Waals surface area contributed by atoms with Gasteiger partial charge in [-0.3, -0.25) is 23.9 Å². The number of nitrogens with two attached hydrogens (primary N) is 1. The quantitative estimate of drug-likeness (QED) is 0.233. The number of hydroxylamine groups is 2. The Morgan fingerprint density at radius 1 is 1.35 bits per heavy atom. The number of methoxy groups -OCH3 is 1. The van der Waals surface area contributed by atoms with E-state index in [0.717, 1.165) is 11.4 Å². The zero-order chi connectivity index (χ0) is 24.7. The van der Waals surface area contributed by atoms with Crippen molar-refractivity contribution >= 4 is 39.1 Å². The highest BCUT2D eigenvalue weighted by Gasteiger charge is 2.47. The summed E-state index contributed by atoms with van der Waals surface area (Å²) in [6.07, 6.45) is -2.47. The summed E-state index contributed by atoms with van der Waals surface area (Å²) in [6.45, 7) is -0.310. The van der Waals surface area contributed by atoms with Crippen molar-refractivity contribution < 1.29 is 47.0 Å². The Morgan fingerprint density at radius 2 is 2.12 bits per heavy atom. The van der Waals surface area contributed by atoms with Crippen molar-refractivity contribution in [1.82, 2.24) is 24.6 Å². The highest BCUT2D eigenvalue weighted by atomic mass is 31.3. The smallest absolute Gasteiger partial charge is 0.387 e. The molecule has 0 aromatic carbocycles. The van der Waals surface area contributed by atoms with E-state index in [1.165, 1.54) is 18.0 Å². The molecule has 6 atom stereocenters. The van der Waals surface area contributed by atoms with Crippen molar-refractivity contribution in [3.8, 4) is 0 Å². The first-order valence-electron chi connectivity index (χ1n) is 9.56. The predicted molar refractivity (Wildman–Crippen MR) is 111 cm³/mol. The lowest BCUT2D eigenvalue weighted by atomic mass is 10.1. The third kappa shape index (κ3) is 5.21. The standard InChI is InChI=1S/C14H21N7O11P2/c1-28-10-9(22)7(4-29-33(24,25)32-34(26,27)31-20-3-2-16-5-20)30-13(10)21-6-17-8-11(21)18-14(15)19-12(8)23/h5-7,9-10,13,22H,2-4H2,1H3,(H,24,25)(H,26,27)(H3,15,18,19,23)/t7-,9+,10-,13-/m1/s1. The fraction of sp³-hybridized carbons (Fsp3) is 0.571. The number of anilines is 1. The summed E-state index contributed by atoms with van der Waals surface area (Å²) in [5.74, 6) is -0.180. The SMILES string of the molecule is CO[C@@H]1[C@@H](O)[C@@H](COP(=O)(O)OP(=O)(O)ON2C=NCC2)O[C@H]1n1cnc2c(=O)[nH]c(N)nc21. The lowest BCUT2D eigenvalue weighted by Crippen LogP contribution is -2.35. The number of ether oxygens (including phenoxy) is 2. The molecule has 0 bridgehead atoms. The number of hydrogen-bond donors (Lipinski definition) is 5. The highest BCUT2D eigenvalue weighted by molar-refractivity contribution is 7.61. The van der Waals surface area contributed by atoms with E-state index in [4.69, 9.17) is 19.7 Å². The molecule has 4 heterocycles. The Hall–Kier alpha value is -2.24. The van der Waals surface area contributed by atoms with Gasteiger partial charge in [0.25, 0.3) is 5.56 Å². The number of hydrogen-bond acceptors (Lipinski definition) is 14. The van der Waals surface area contributed by atoms with Crippen molar-refractivity contribution in [2.24, 2.45) is 4.99 Å². The number of phosphoric acid groups is 2. The van der Waals surface area contributed by atoms with Gasteiger partial charge in [-0.2, -0.15) is 13.9 Å². The molecule has 20 heteroatoms. The summed E-state index contributed by atoms with van der Waals surface area (Å²) < 4.78 is 50.0. The first-order chi connectivity index (χ1) is 16.0. The molecular formula is C14H21N7O11P2. The van der Waals surface area contributed by atoms with Gasteiger partial charge in [0.15, 0.2) is 17.4 Å². The van der Waals surface area contributed by atoms with Gasteiger partial charge < -0.3 is 30.1 Å². The number of phosphoric ester groups is 1. The van der Waals surface area contributed by atoms with Crippen molar-refractivity contribution in [2.75, 3.05) is 32.5 Å². The van der Waals surface area contributed by atoms with E-state index in [-0.39, 0.29) is 23.7 Å². The monoisotopic (exact) mass is 525 g/mol. The molecule has 1 saturated heterocycles.